The van der Waals surface area contributed by atoms with E-state index in [0.29, 0.717) is 11.3 Å². The Balaban J connectivity index is 2.01. The number of hydrogen-bond donors (Lipinski definition) is 1. The molecule has 0 bridgehead atoms. The molecule has 0 radical (unpaired) electrons. The molecule has 1 aromatic carbocycles. The van der Waals surface area contributed by atoms with E-state index in [1.807, 2.05) is 0 Å². The van der Waals surface area contributed by atoms with E-state index in [-0.39, 0.29) is 18.2 Å². The molecule has 0 aliphatic carbocycles. The fourth-order valence-corrected chi connectivity index (χ4v) is 1.98. The maximum Gasteiger partial charge on any atom is 0.387 e. The van der Waals surface area contributed by atoms with Gasteiger partial charge in [-0.15, -0.1) is 11.3 Å². The lowest BCUT2D eigenvalue weighted by Gasteiger charge is -2.10. The zero-order chi connectivity index (χ0) is 13.7. The van der Waals surface area contributed by atoms with Gasteiger partial charge in [0.1, 0.15) is 11.4 Å². The number of carbonyl (C=O) groups is 1. The van der Waals surface area contributed by atoms with Crippen LogP contribution in [0.15, 0.2) is 35.2 Å². The number of rotatable bonds is 5. The van der Waals surface area contributed by atoms with Crippen LogP contribution in [0.3, 0.4) is 0 Å². The minimum atomic E-state index is -2.89. The van der Waals surface area contributed by atoms with E-state index in [2.05, 4.69) is 15.0 Å². The van der Waals surface area contributed by atoms with Crippen molar-refractivity contribution in [1.29, 1.82) is 0 Å². The van der Waals surface area contributed by atoms with Crippen LogP contribution in [0, 0.1) is 0 Å². The number of aromatic nitrogens is 1. The highest BCUT2D eigenvalue weighted by Gasteiger charge is 2.11. The van der Waals surface area contributed by atoms with Crippen molar-refractivity contribution < 1.29 is 18.3 Å². The summed E-state index contributed by atoms with van der Waals surface area (Å²) in [5, 5.41) is 4.20. The van der Waals surface area contributed by atoms with Crippen LogP contribution in [0.25, 0.3) is 0 Å². The van der Waals surface area contributed by atoms with E-state index in [1.54, 1.807) is 29.1 Å². The van der Waals surface area contributed by atoms with Crippen molar-refractivity contribution in [3.05, 3.63) is 46.4 Å². The van der Waals surface area contributed by atoms with Gasteiger partial charge in [0.2, 0.25) is 0 Å². The second-order valence-electron chi connectivity index (χ2n) is 3.54. The fraction of sp³-hybridized carbons (Fsp3) is 0.167. The van der Waals surface area contributed by atoms with Gasteiger partial charge in [0.15, 0.2) is 0 Å². The van der Waals surface area contributed by atoms with Gasteiger partial charge >= 0.3 is 6.61 Å². The van der Waals surface area contributed by atoms with Crippen molar-refractivity contribution in [3.8, 4) is 5.75 Å². The third-order valence-corrected chi connectivity index (χ3v) is 2.88. The minimum absolute atomic E-state index is 0.0519. The van der Waals surface area contributed by atoms with Gasteiger partial charge < -0.3 is 10.1 Å². The van der Waals surface area contributed by atoms with Crippen LogP contribution in [0.4, 0.5) is 8.78 Å². The molecule has 2 rings (SSSR count). The van der Waals surface area contributed by atoms with E-state index >= 15 is 0 Å². The first kappa shape index (κ1) is 13.4. The molecule has 0 aliphatic heterocycles. The number of carbonyl (C=O) groups excluding carboxylic acids is 1. The van der Waals surface area contributed by atoms with Crippen molar-refractivity contribution in [1.82, 2.24) is 10.3 Å². The number of nitrogens with one attached hydrogen (secondary N) is 1. The minimum Gasteiger partial charge on any atom is -0.434 e. The molecule has 1 aromatic heterocycles. The van der Waals surface area contributed by atoms with Gasteiger partial charge in [-0.25, -0.2) is 4.98 Å². The van der Waals surface area contributed by atoms with Gasteiger partial charge in [0.25, 0.3) is 5.91 Å². The second kappa shape index (κ2) is 6.24. The molecule has 1 amide bonds. The summed E-state index contributed by atoms with van der Waals surface area (Å²) in [5.74, 6) is -0.302. The smallest absolute Gasteiger partial charge is 0.387 e. The number of amides is 1. The van der Waals surface area contributed by atoms with Crippen LogP contribution < -0.4 is 10.1 Å². The molecule has 0 fully saturated rings. The van der Waals surface area contributed by atoms with Crippen LogP contribution in [-0.4, -0.2) is 17.5 Å². The molecule has 0 atom stereocenters. The zero-order valence-electron chi connectivity index (χ0n) is 9.68. The largest absolute Gasteiger partial charge is 0.434 e. The number of para-hydroxylation sites is 1. The molecule has 0 spiro atoms. The first-order valence-corrected chi connectivity index (χ1v) is 6.30. The van der Waals surface area contributed by atoms with Crippen molar-refractivity contribution in [2.24, 2.45) is 0 Å². The molecule has 0 saturated heterocycles. The zero-order valence-corrected chi connectivity index (χ0v) is 10.5. The average molecular weight is 284 g/mol. The van der Waals surface area contributed by atoms with Gasteiger partial charge in [-0.1, -0.05) is 18.2 Å². The SMILES string of the molecule is O=C(NCc1ccccc1OC(F)F)c1cscn1. The maximum atomic E-state index is 12.2. The topological polar surface area (TPSA) is 51.2 Å². The van der Waals surface area contributed by atoms with Crippen LogP contribution in [0.5, 0.6) is 5.75 Å². The quantitative estimate of drug-likeness (QED) is 0.918. The predicted octanol–water partition coefficient (Wildman–Crippen LogP) is 2.67. The monoisotopic (exact) mass is 284 g/mol. The number of ether oxygens (including phenoxy) is 1. The van der Waals surface area contributed by atoms with Crippen LogP contribution in [0.1, 0.15) is 16.1 Å². The Hall–Kier alpha value is -2.02. The molecule has 100 valence electrons. The Morgan fingerprint density at radius 2 is 2.21 bits per heavy atom. The first-order valence-electron chi connectivity index (χ1n) is 5.36. The first-order chi connectivity index (χ1) is 9.16. The number of alkyl halides is 2. The molecule has 1 N–H and O–H groups in total. The van der Waals surface area contributed by atoms with E-state index in [1.165, 1.54) is 17.4 Å². The van der Waals surface area contributed by atoms with Crippen LogP contribution in [0.2, 0.25) is 0 Å². The molecular formula is C12H10F2N2O2S. The Bertz CT molecular complexity index is 546. The molecule has 0 aliphatic rings. The molecule has 1 heterocycles. The third kappa shape index (κ3) is 3.72. The predicted molar refractivity (Wildman–Crippen MR) is 66.4 cm³/mol. The third-order valence-electron chi connectivity index (χ3n) is 2.29. The molecule has 0 saturated carbocycles. The number of benzene rings is 1. The summed E-state index contributed by atoms with van der Waals surface area (Å²) < 4.78 is 28.8. The molecule has 4 nitrogen and oxygen atoms in total. The summed E-state index contributed by atoms with van der Waals surface area (Å²) in [7, 11) is 0. The average Bonchev–Trinajstić information content (AvgIpc) is 2.90. The number of nitrogens with zero attached hydrogens (tertiary/aromatic N) is 1. The summed E-state index contributed by atoms with van der Waals surface area (Å²) in [5.41, 5.74) is 2.33. The van der Waals surface area contributed by atoms with Crippen molar-refractivity contribution in [2.75, 3.05) is 0 Å². The molecule has 2 aromatic rings. The number of hydrogen-bond acceptors (Lipinski definition) is 4. The van der Waals surface area contributed by atoms with Crippen molar-refractivity contribution >= 4 is 17.2 Å². The van der Waals surface area contributed by atoms with Gasteiger partial charge in [-0.2, -0.15) is 8.78 Å². The Kier molecular flexibility index (Phi) is 4.40. The normalized spacial score (nSPS) is 10.5. The lowest BCUT2D eigenvalue weighted by molar-refractivity contribution is -0.0504. The molecule has 0 unspecified atom stereocenters. The number of thiazole rings is 1. The molecule has 19 heavy (non-hydrogen) atoms. The fourth-order valence-electron chi connectivity index (χ4n) is 1.45. The summed E-state index contributed by atoms with van der Waals surface area (Å²) in [6, 6.07) is 6.31. The summed E-state index contributed by atoms with van der Waals surface area (Å²) >= 11 is 1.31. The van der Waals surface area contributed by atoms with Gasteiger partial charge in [-0.3, -0.25) is 4.79 Å². The van der Waals surface area contributed by atoms with Crippen molar-refractivity contribution in [3.63, 3.8) is 0 Å². The highest BCUT2D eigenvalue weighted by molar-refractivity contribution is 7.07. The summed E-state index contributed by atoms with van der Waals surface area (Å²) in [4.78, 5) is 15.5. The van der Waals surface area contributed by atoms with E-state index in [4.69, 9.17) is 0 Å². The van der Waals surface area contributed by atoms with Crippen LogP contribution >= 0.6 is 11.3 Å². The Morgan fingerprint density at radius 3 is 2.89 bits per heavy atom. The van der Waals surface area contributed by atoms with Gasteiger partial charge in [0.05, 0.1) is 5.51 Å². The van der Waals surface area contributed by atoms with E-state index in [9.17, 15) is 13.6 Å². The molecular weight excluding hydrogens is 274 g/mol. The summed E-state index contributed by atoms with van der Waals surface area (Å²) in [6.45, 7) is -2.80. The Morgan fingerprint density at radius 1 is 1.42 bits per heavy atom. The lowest BCUT2D eigenvalue weighted by atomic mass is 10.2. The van der Waals surface area contributed by atoms with E-state index in [0.717, 1.165) is 0 Å². The standard InChI is InChI=1S/C12H10F2N2O2S/c13-12(14)18-10-4-2-1-3-8(10)5-15-11(17)9-6-19-7-16-9/h1-4,6-7,12H,5H2,(H,15,17). The van der Waals surface area contributed by atoms with E-state index < -0.39 is 6.61 Å². The second-order valence-corrected chi connectivity index (χ2v) is 4.26. The summed E-state index contributed by atoms with van der Waals surface area (Å²) in [6.07, 6.45) is 0. The van der Waals surface area contributed by atoms with Gasteiger partial charge in [-0.05, 0) is 6.07 Å². The number of halogens is 2. The van der Waals surface area contributed by atoms with Crippen molar-refractivity contribution in [2.45, 2.75) is 13.2 Å². The highest BCUT2D eigenvalue weighted by atomic mass is 32.1. The van der Waals surface area contributed by atoms with Crippen LogP contribution in [-0.2, 0) is 6.54 Å². The lowest BCUT2D eigenvalue weighted by Crippen LogP contribution is -2.23. The Labute approximate surface area is 112 Å². The molecule has 7 heteroatoms. The maximum absolute atomic E-state index is 12.2. The van der Waals surface area contributed by atoms with Gasteiger partial charge in [0, 0.05) is 17.5 Å². The highest BCUT2D eigenvalue weighted by Crippen LogP contribution is 2.20.